The number of carbonyl (C=O) groups is 1. The Labute approximate surface area is 122 Å². The molecule has 21 heavy (non-hydrogen) atoms. The molecule has 1 amide bonds. The minimum Gasteiger partial charge on any atom is -0.491 e. The summed E-state index contributed by atoms with van der Waals surface area (Å²) in [5, 5.41) is 3.18. The van der Waals surface area contributed by atoms with Gasteiger partial charge < -0.3 is 10.5 Å². The van der Waals surface area contributed by atoms with Crippen LogP contribution in [0.25, 0.3) is 0 Å². The van der Waals surface area contributed by atoms with Gasteiger partial charge in [-0.15, -0.1) is 0 Å². The van der Waals surface area contributed by atoms with Crippen LogP contribution in [0.3, 0.4) is 0 Å². The molecule has 0 aliphatic heterocycles. The molecule has 1 aliphatic rings. The van der Waals surface area contributed by atoms with Crippen LogP contribution < -0.4 is 15.8 Å². The molecule has 0 saturated heterocycles. The van der Waals surface area contributed by atoms with Gasteiger partial charge in [0.25, 0.3) is 0 Å². The van der Waals surface area contributed by atoms with E-state index in [0.29, 0.717) is 0 Å². The Balaban J connectivity index is 2.14. The van der Waals surface area contributed by atoms with Gasteiger partial charge in [-0.1, -0.05) is 0 Å². The van der Waals surface area contributed by atoms with Gasteiger partial charge in [-0.3, -0.25) is 10.1 Å². The molecule has 0 aromatic heterocycles. The van der Waals surface area contributed by atoms with Crippen LogP contribution in [0.2, 0.25) is 0 Å². The van der Waals surface area contributed by atoms with Gasteiger partial charge in [0.1, 0.15) is 17.9 Å². The van der Waals surface area contributed by atoms with Crippen molar-refractivity contribution in [2.24, 2.45) is 11.7 Å². The largest absolute Gasteiger partial charge is 0.491 e. The summed E-state index contributed by atoms with van der Waals surface area (Å²) in [6, 6.07) is 3.33. The Morgan fingerprint density at radius 3 is 2.57 bits per heavy atom. The average molecular weight is 298 g/mol. The van der Waals surface area contributed by atoms with Gasteiger partial charge in [0.2, 0.25) is 5.91 Å². The highest BCUT2D eigenvalue weighted by Gasteiger charge is 2.50. The van der Waals surface area contributed by atoms with Crippen molar-refractivity contribution in [1.82, 2.24) is 5.32 Å². The van der Waals surface area contributed by atoms with Crippen LogP contribution in [0.4, 0.5) is 8.78 Å². The summed E-state index contributed by atoms with van der Waals surface area (Å²) in [6.07, 6.45) is 1.79. The summed E-state index contributed by atoms with van der Waals surface area (Å²) >= 11 is 0. The lowest BCUT2D eigenvalue weighted by atomic mass is 9.92. The Morgan fingerprint density at radius 2 is 2.10 bits per heavy atom. The standard InChI is InChI=1S/C15H20F2N2O2/c1-9(2)19-15(14(18)20,10-3-4-10)8-21-11-5-6-12(16)13(17)7-11/h5-7,9-10,19H,3-4,8H2,1-2H3,(H2,18,20). The van der Waals surface area contributed by atoms with Gasteiger partial charge in [-0.2, -0.15) is 0 Å². The van der Waals surface area contributed by atoms with Crippen molar-refractivity contribution in [3.8, 4) is 5.75 Å². The molecular weight excluding hydrogens is 278 g/mol. The van der Waals surface area contributed by atoms with Gasteiger partial charge in [0, 0.05) is 12.1 Å². The van der Waals surface area contributed by atoms with E-state index in [2.05, 4.69) is 5.32 Å². The first-order valence-corrected chi connectivity index (χ1v) is 7.00. The summed E-state index contributed by atoms with van der Waals surface area (Å²) < 4.78 is 31.6. The molecular formula is C15H20F2N2O2. The number of benzene rings is 1. The number of nitrogens with one attached hydrogen (secondary N) is 1. The van der Waals surface area contributed by atoms with E-state index in [-0.39, 0.29) is 24.3 Å². The van der Waals surface area contributed by atoms with Crippen LogP contribution in [0, 0.1) is 17.6 Å². The second kappa shape index (κ2) is 5.97. The van der Waals surface area contributed by atoms with Crippen molar-refractivity contribution in [3.05, 3.63) is 29.8 Å². The molecule has 1 atom stereocenters. The first-order chi connectivity index (χ1) is 9.85. The van der Waals surface area contributed by atoms with Crippen molar-refractivity contribution < 1.29 is 18.3 Å². The SMILES string of the molecule is CC(C)NC(COc1ccc(F)c(F)c1)(C(N)=O)C1CC1. The highest BCUT2D eigenvalue weighted by molar-refractivity contribution is 5.86. The average Bonchev–Trinajstić information content (AvgIpc) is 3.22. The van der Waals surface area contributed by atoms with Crippen molar-refractivity contribution in [1.29, 1.82) is 0 Å². The quantitative estimate of drug-likeness (QED) is 0.809. The lowest BCUT2D eigenvalue weighted by molar-refractivity contribution is -0.127. The predicted molar refractivity (Wildman–Crippen MR) is 74.8 cm³/mol. The van der Waals surface area contributed by atoms with Crippen LogP contribution >= 0.6 is 0 Å². The third-order valence-electron chi connectivity index (χ3n) is 3.62. The van der Waals surface area contributed by atoms with Crippen molar-refractivity contribution in [2.45, 2.75) is 38.3 Å². The zero-order valence-electron chi connectivity index (χ0n) is 12.2. The Hall–Kier alpha value is -1.69. The number of ether oxygens (including phenoxy) is 1. The predicted octanol–water partition coefficient (Wildman–Crippen LogP) is 1.98. The molecule has 3 N–H and O–H groups in total. The summed E-state index contributed by atoms with van der Waals surface area (Å²) in [5.74, 6) is -2.12. The van der Waals surface area contributed by atoms with E-state index in [1.165, 1.54) is 6.07 Å². The van der Waals surface area contributed by atoms with Gasteiger partial charge >= 0.3 is 0 Å². The molecule has 1 aliphatic carbocycles. The van der Waals surface area contributed by atoms with Crippen molar-refractivity contribution in [3.63, 3.8) is 0 Å². The summed E-state index contributed by atoms with van der Waals surface area (Å²) in [7, 11) is 0. The maximum atomic E-state index is 13.2. The maximum absolute atomic E-state index is 13.2. The topological polar surface area (TPSA) is 64.3 Å². The molecule has 2 rings (SSSR count). The van der Waals surface area contributed by atoms with E-state index in [1.807, 2.05) is 13.8 Å². The number of primary amides is 1. The molecule has 1 saturated carbocycles. The van der Waals surface area contributed by atoms with Gasteiger partial charge in [-0.25, -0.2) is 8.78 Å². The molecule has 0 bridgehead atoms. The number of amides is 1. The normalized spacial score (nSPS) is 17.6. The molecule has 1 aromatic carbocycles. The maximum Gasteiger partial charge on any atom is 0.241 e. The molecule has 0 spiro atoms. The van der Waals surface area contributed by atoms with Crippen LogP contribution in [0.1, 0.15) is 26.7 Å². The number of hydrogen-bond donors (Lipinski definition) is 2. The fraction of sp³-hybridized carbons (Fsp3) is 0.533. The summed E-state index contributed by atoms with van der Waals surface area (Å²) in [6.45, 7) is 3.82. The number of rotatable bonds is 7. The van der Waals surface area contributed by atoms with Crippen molar-refractivity contribution >= 4 is 5.91 Å². The first kappa shape index (κ1) is 15.7. The third kappa shape index (κ3) is 3.50. The van der Waals surface area contributed by atoms with Gasteiger partial charge in [0.15, 0.2) is 11.6 Å². The van der Waals surface area contributed by atoms with E-state index in [1.54, 1.807) is 0 Å². The van der Waals surface area contributed by atoms with E-state index in [4.69, 9.17) is 10.5 Å². The van der Waals surface area contributed by atoms with Gasteiger partial charge in [0.05, 0.1) is 0 Å². The molecule has 0 heterocycles. The smallest absolute Gasteiger partial charge is 0.241 e. The minimum absolute atomic E-state index is 0.00372. The molecule has 1 fully saturated rings. The fourth-order valence-electron chi connectivity index (χ4n) is 2.48. The second-order valence-electron chi connectivity index (χ2n) is 5.77. The van der Waals surface area contributed by atoms with E-state index < -0.39 is 23.1 Å². The van der Waals surface area contributed by atoms with Crippen LogP contribution in [0.5, 0.6) is 5.75 Å². The summed E-state index contributed by atoms with van der Waals surface area (Å²) in [5.41, 5.74) is 4.59. The molecule has 0 radical (unpaired) electrons. The van der Waals surface area contributed by atoms with Crippen LogP contribution in [-0.2, 0) is 4.79 Å². The second-order valence-corrected chi connectivity index (χ2v) is 5.77. The minimum atomic E-state index is -0.986. The highest BCUT2D eigenvalue weighted by atomic mass is 19.2. The Morgan fingerprint density at radius 1 is 1.43 bits per heavy atom. The zero-order valence-corrected chi connectivity index (χ0v) is 12.2. The number of hydrogen-bond acceptors (Lipinski definition) is 3. The van der Waals surface area contributed by atoms with Crippen molar-refractivity contribution in [2.75, 3.05) is 6.61 Å². The van der Waals surface area contributed by atoms with Gasteiger partial charge in [-0.05, 0) is 44.7 Å². The zero-order chi connectivity index (χ0) is 15.6. The van der Waals surface area contributed by atoms with Crippen LogP contribution in [-0.4, -0.2) is 24.1 Å². The Bertz CT molecular complexity index is 532. The fourth-order valence-corrected chi connectivity index (χ4v) is 2.48. The number of nitrogens with two attached hydrogens (primary N) is 1. The van der Waals surface area contributed by atoms with E-state index >= 15 is 0 Å². The molecule has 1 aromatic rings. The lowest BCUT2D eigenvalue weighted by Crippen LogP contribution is -2.62. The molecule has 6 heteroatoms. The lowest BCUT2D eigenvalue weighted by Gasteiger charge is -2.33. The number of halogens is 2. The van der Waals surface area contributed by atoms with E-state index in [9.17, 15) is 13.6 Å². The molecule has 116 valence electrons. The third-order valence-corrected chi connectivity index (χ3v) is 3.62. The summed E-state index contributed by atoms with van der Waals surface area (Å²) in [4.78, 5) is 11.9. The first-order valence-electron chi connectivity index (χ1n) is 7.00. The van der Waals surface area contributed by atoms with E-state index in [0.717, 1.165) is 25.0 Å². The molecule has 1 unspecified atom stereocenters. The monoisotopic (exact) mass is 298 g/mol. The highest BCUT2D eigenvalue weighted by Crippen LogP contribution is 2.40. The number of carbonyl (C=O) groups excluding carboxylic acids is 1. The Kier molecular flexibility index (Phi) is 4.46. The van der Waals surface area contributed by atoms with Crippen LogP contribution in [0.15, 0.2) is 18.2 Å². The molecule has 4 nitrogen and oxygen atoms in total.